The van der Waals surface area contributed by atoms with Gasteiger partial charge in [0.2, 0.25) is 0 Å². The van der Waals surface area contributed by atoms with Crippen LogP contribution in [0.2, 0.25) is 5.02 Å². The highest BCUT2D eigenvalue weighted by Crippen LogP contribution is 2.16. The van der Waals surface area contributed by atoms with Crippen LogP contribution in [0.1, 0.15) is 22.8 Å². The fourth-order valence-corrected chi connectivity index (χ4v) is 3.05. The van der Waals surface area contributed by atoms with Gasteiger partial charge in [-0.15, -0.1) is 0 Å². The lowest BCUT2D eigenvalue weighted by molar-refractivity contribution is 0.0204. The molecule has 1 aliphatic heterocycles. The normalized spacial score (nSPS) is 16.6. The van der Waals surface area contributed by atoms with Gasteiger partial charge in [-0.25, -0.2) is 0 Å². The van der Waals surface area contributed by atoms with Crippen molar-refractivity contribution in [2.24, 2.45) is 0 Å². The summed E-state index contributed by atoms with van der Waals surface area (Å²) >= 11 is 6.17. The number of carbonyl (C=O) groups is 1. The van der Waals surface area contributed by atoms with Gasteiger partial charge in [-0.2, -0.15) is 5.10 Å². The quantitative estimate of drug-likeness (QED) is 0.854. The molecule has 0 saturated carbocycles. The number of hydrogen-bond donors (Lipinski definition) is 1. The number of nitrogens with one attached hydrogen (secondary N) is 1. The van der Waals surface area contributed by atoms with Crippen molar-refractivity contribution < 1.29 is 9.53 Å². The van der Waals surface area contributed by atoms with E-state index in [1.807, 2.05) is 24.3 Å². The third-order valence-electron chi connectivity index (χ3n) is 4.41. The summed E-state index contributed by atoms with van der Waals surface area (Å²) < 4.78 is 7.08. The maximum Gasteiger partial charge on any atom is 0.254 e. The molecule has 6 nitrogen and oxygen atoms in total. The van der Waals surface area contributed by atoms with E-state index in [9.17, 15) is 4.79 Å². The van der Waals surface area contributed by atoms with Crippen molar-refractivity contribution in [3.05, 3.63) is 52.8 Å². The molecule has 0 spiro atoms. The van der Waals surface area contributed by atoms with E-state index < -0.39 is 0 Å². The van der Waals surface area contributed by atoms with E-state index in [1.165, 1.54) is 0 Å². The van der Waals surface area contributed by atoms with Crippen LogP contribution in [0.3, 0.4) is 0 Å². The lowest BCUT2D eigenvalue weighted by Gasteiger charge is -2.32. The fourth-order valence-electron chi connectivity index (χ4n) is 2.86. The van der Waals surface area contributed by atoms with Crippen LogP contribution in [0.4, 0.5) is 0 Å². The SMILES string of the molecule is CC(CNC(=O)c1cnn(Cc2ccccc2Cl)c1)N1CCOCC1. The lowest BCUT2D eigenvalue weighted by Crippen LogP contribution is -2.47. The molecule has 2 aromatic rings. The van der Waals surface area contributed by atoms with Gasteiger partial charge >= 0.3 is 0 Å². The minimum absolute atomic E-state index is 0.106. The molecule has 0 radical (unpaired) electrons. The van der Waals surface area contributed by atoms with E-state index >= 15 is 0 Å². The van der Waals surface area contributed by atoms with Crippen molar-refractivity contribution in [3.63, 3.8) is 0 Å². The summed E-state index contributed by atoms with van der Waals surface area (Å²) in [7, 11) is 0. The van der Waals surface area contributed by atoms with Crippen molar-refractivity contribution in [1.29, 1.82) is 0 Å². The molecule has 1 aliphatic rings. The summed E-state index contributed by atoms with van der Waals surface area (Å²) in [4.78, 5) is 14.7. The molecule has 25 heavy (non-hydrogen) atoms. The number of benzene rings is 1. The van der Waals surface area contributed by atoms with Crippen molar-refractivity contribution in [2.75, 3.05) is 32.8 Å². The Hall–Kier alpha value is -1.89. The Morgan fingerprint density at radius 1 is 1.36 bits per heavy atom. The van der Waals surface area contributed by atoms with Gasteiger partial charge in [-0.05, 0) is 18.6 Å². The van der Waals surface area contributed by atoms with Gasteiger partial charge in [0.1, 0.15) is 0 Å². The van der Waals surface area contributed by atoms with Crippen LogP contribution in [-0.4, -0.2) is 59.5 Å². The smallest absolute Gasteiger partial charge is 0.254 e. The van der Waals surface area contributed by atoms with Crippen LogP contribution < -0.4 is 5.32 Å². The van der Waals surface area contributed by atoms with E-state index in [0.717, 1.165) is 31.9 Å². The van der Waals surface area contributed by atoms with Crippen molar-refractivity contribution in [3.8, 4) is 0 Å². The molecule has 7 heteroatoms. The first-order valence-corrected chi connectivity index (χ1v) is 8.87. The summed E-state index contributed by atoms with van der Waals surface area (Å²) in [5, 5.41) is 7.94. The Bertz CT molecular complexity index is 713. The number of amides is 1. The molecule has 1 unspecified atom stereocenters. The van der Waals surface area contributed by atoms with Gasteiger partial charge in [0.15, 0.2) is 0 Å². The molecule has 3 rings (SSSR count). The van der Waals surface area contributed by atoms with Gasteiger partial charge in [0, 0.05) is 36.9 Å². The first-order valence-electron chi connectivity index (χ1n) is 8.49. The second-order valence-corrected chi connectivity index (χ2v) is 6.63. The molecule has 1 atom stereocenters. The molecule has 0 bridgehead atoms. The molecule has 0 aliphatic carbocycles. The first-order chi connectivity index (χ1) is 12.1. The van der Waals surface area contributed by atoms with Crippen LogP contribution in [-0.2, 0) is 11.3 Å². The zero-order valence-corrected chi connectivity index (χ0v) is 15.1. The molecule has 1 amide bonds. The molecule has 134 valence electrons. The van der Waals surface area contributed by atoms with Crippen molar-refractivity contribution in [2.45, 2.75) is 19.5 Å². The molecule has 1 fully saturated rings. The summed E-state index contributed by atoms with van der Waals surface area (Å²) in [6.45, 7) is 6.60. The van der Waals surface area contributed by atoms with Gasteiger partial charge in [-0.3, -0.25) is 14.4 Å². The lowest BCUT2D eigenvalue weighted by atomic mass is 10.2. The number of hydrogen-bond acceptors (Lipinski definition) is 4. The number of ether oxygens (including phenoxy) is 1. The summed E-state index contributed by atoms with van der Waals surface area (Å²) in [6, 6.07) is 7.91. The summed E-state index contributed by atoms with van der Waals surface area (Å²) in [5.74, 6) is -0.106. The molecular formula is C18H23ClN4O2. The second-order valence-electron chi connectivity index (χ2n) is 6.23. The van der Waals surface area contributed by atoms with E-state index in [-0.39, 0.29) is 11.9 Å². The number of nitrogens with zero attached hydrogens (tertiary/aromatic N) is 3. The number of carbonyl (C=O) groups excluding carboxylic acids is 1. The Morgan fingerprint density at radius 3 is 2.88 bits per heavy atom. The van der Waals surface area contributed by atoms with Gasteiger partial charge < -0.3 is 10.1 Å². The average molecular weight is 363 g/mol. The highest BCUT2D eigenvalue weighted by molar-refractivity contribution is 6.31. The third-order valence-corrected chi connectivity index (χ3v) is 4.78. The van der Waals surface area contributed by atoms with E-state index in [0.29, 0.717) is 23.7 Å². The minimum Gasteiger partial charge on any atom is -0.379 e. The Kier molecular flexibility index (Phi) is 6.07. The van der Waals surface area contributed by atoms with Crippen molar-refractivity contribution >= 4 is 17.5 Å². The first kappa shape index (κ1) is 17.9. The van der Waals surface area contributed by atoms with Gasteiger partial charge in [0.25, 0.3) is 5.91 Å². The minimum atomic E-state index is -0.106. The molecule has 1 saturated heterocycles. The Labute approximate surface area is 152 Å². The van der Waals surface area contributed by atoms with E-state index in [4.69, 9.17) is 16.3 Å². The topological polar surface area (TPSA) is 59.4 Å². The van der Waals surface area contributed by atoms with Crippen LogP contribution in [0.25, 0.3) is 0 Å². The second kappa shape index (κ2) is 8.47. The molecular weight excluding hydrogens is 340 g/mol. The number of halogens is 1. The maximum atomic E-state index is 12.3. The van der Waals surface area contributed by atoms with Crippen LogP contribution in [0, 0.1) is 0 Å². The molecule has 2 heterocycles. The van der Waals surface area contributed by atoms with Crippen LogP contribution in [0.5, 0.6) is 0 Å². The highest BCUT2D eigenvalue weighted by atomic mass is 35.5. The summed E-state index contributed by atoms with van der Waals surface area (Å²) in [6.07, 6.45) is 3.34. The highest BCUT2D eigenvalue weighted by Gasteiger charge is 2.18. The largest absolute Gasteiger partial charge is 0.379 e. The predicted octanol–water partition coefficient (Wildman–Crippen LogP) is 2.04. The zero-order valence-electron chi connectivity index (χ0n) is 14.3. The maximum absolute atomic E-state index is 12.3. The van der Waals surface area contributed by atoms with E-state index in [2.05, 4.69) is 22.2 Å². The van der Waals surface area contributed by atoms with Crippen LogP contribution >= 0.6 is 11.6 Å². The standard InChI is InChI=1S/C18H23ClN4O2/c1-14(22-6-8-25-9-7-22)10-20-18(24)16-11-21-23(13-16)12-15-4-2-3-5-17(15)19/h2-5,11,13-14H,6-10,12H2,1H3,(H,20,24). The number of morpholine rings is 1. The average Bonchev–Trinajstić information content (AvgIpc) is 3.11. The predicted molar refractivity (Wildman–Crippen MR) is 97.0 cm³/mol. The fraction of sp³-hybridized carbons (Fsp3) is 0.444. The molecule has 1 N–H and O–H groups in total. The Morgan fingerprint density at radius 2 is 2.12 bits per heavy atom. The Balaban J connectivity index is 1.53. The number of aromatic nitrogens is 2. The van der Waals surface area contributed by atoms with Crippen LogP contribution in [0.15, 0.2) is 36.7 Å². The zero-order chi connectivity index (χ0) is 17.6. The van der Waals surface area contributed by atoms with Crippen molar-refractivity contribution in [1.82, 2.24) is 20.0 Å². The summed E-state index contributed by atoms with van der Waals surface area (Å²) in [5.41, 5.74) is 1.53. The van der Waals surface area contributed by atoms with E-state index in [1.54, 1.807) is 17.1 Å². The number of rotatable bonds is 6. The van der Waals surface area contributed by atoms with Gasteiger partial charge in [-0.1, -0.05) is 29.8 Å². The monoisotopic (exact) mass is 362 g/mol. The molecule has 1 aromatic heterocycles. The van der Waals surface area contributed by atoms with Gasteiger partial charge in [0.05, 0.1) is 31.5 Å². The third kappa shape index (κ3) is 4.81. The molecule has 1 aromatic carbocycles.